The van der Waals surface area contributed by atoms with Gasteiger partial charge in [0.1, 0.15) is 11.0 Å². The van der Waals surface area contributed by atoms with Crippen molar-refractivity contribution in [2.24, 2.45) is 0 Å². The van der Waals surface area contributed by atoms with Crippen LogP contribution in [0.3, 0.4) is 0 Å². The summed E-state index contributed by atoms with van der Waals surface area (Å²) >= 11 is 7.42. The maximum Gasteiger partial charge on any atom is 0.191 e. The Morgan fingerprint density at radius 2 is 2.24 bits per heavy atom. The molecule has 0 fully saturated rings. The van der Waals surface area contributed by atoms with Crippen molar-refractivity contribution in [3.05, 3.63) is 41.5 Å². The summed E-state index contributed by atoms with van der Waals surface area (Å²) in [5, 5.41) is 2.06. The molecule has 3 aromatic heterocycles. The lowest BCUT2D eigenvalue weighted by Crippen LogP contribution is -2.00. The number of nitrogens with zero attached hydrogens (tertiary/aromatic N) is 3. The van der Waals surface area contributed by atoms with Gasteiger partial charge in [-0.05, 0) is 18.6 Å². The van der Waals surface area contributed by atoms with Gasteiger partial charge in [0.05, 0.1) is 23.4 Å². The first-order valence-electron chi connectivity index (χ1n) is 6.45. The summed E-state index contributed by atoms with van der Waals surface area (Å²) in [5.41, 5.74) is 7.44. The summed E-state index contributed by atoms with van der Waals surface area (Å²) in [5.74, 6) is 0.366. The van der Waals surface area contributed by atoms with Crippen LogP contribution in [0, 0.1) is 0 Å². The van der Waals surface area contributed by atoms with Crippen molar-refractivity contribution in [2.75, 3.05) is 5.73 Å². The van der Waals surface area contributed by atoms with Gasteiger partial charge in [-0.15, -0.1) is 0 Å². The maximum atomic E-state index is 5.91. The second kappa shape index (κ2) is 5.91. The van der Waals surface area contributed by atoms with E-state index in [4.69, 9.17) is 21.8 Å². The fraction of sp³-hybridized carbons (Fsp3) is 0.214. The smallest absolute Gasteiger partial charge is 0.191 e. The maximum absolute atomic E-state index is 5.91. The summed E-state index contributed by atoms with van der Waals surface area (Å²) in [4.78, 5) is 12.8. The number of rotatable bonds is 4. The Balaban J connectivity index is 1.90. The molecule has 7 heteroatoms. The van der Waals surface area contributed by atoms with Crippen molar-refractivity contribution >= 4 is 40.1 Å². The summed E-state index contributed by atoms with van der Waals surface area (Å²) in [7, 11) is 0. The van der Waals surface area contributed by atoms with Crippen LogP contribution in [0.2, 0.25) is 5.15 Å². The van der Waals surface area contributed by atoms with Crippen molar-refractivity contribution < 1.29 is 4.42 Å². The molecule has 0 saturated heterocycles. The van der Waals surface area contributed by atoms with E-state index in [-0.39, 0.29) is 5.25 Å². The molecule has 0 spiro atoms. The number of hydrogen-bond acceptors (Lipinski definition) is 6. The SMILES string of the molecule is CC[C@H](Sc1nc(N)cc(Cl)n1)c1cc2ccoc2cn1. The predicted molar refractivity (Wildman–Crippen MR) is 84.4 cm³/mol. The molecule has 0 aromatic carbocycles. The van der Waals surface area contributed by atoms with Gasteiger partial charge in [-0.2, -0.15) is 0 Å². The third-order valence-corrected chi connectivity index (χ3v) is 4.45. The van der Waals surface area contributed by atoms with Gasteiger partial charge in [-0.25, -0.2) is 9.97 Å². The standard InChI is InChI=1S/C14H13ClN4OS/c1-2-11(21-14-18-12(15)6-13(16)19-14)9-5-8-3-4-20-10(8)7-17-9/h3-7,11H,2H2,1H3,(H2,16,18,19)/t11-/m0/s1. The van der Waals surface area contributed by atoms with E-state index in [2.05, 4.69) is 21.9 Å². The molecule has 0 radical (unpaired) electrons. The molecule has 0 amide bonds. The van der Waals surface area contributed by atoms with Crippen LogP contribution in [0.5, 0.6) is 0 Å². The lowest BCUT2D eigenvalue weighted by molar-refractivity contribution is 0.613. The molecule has 5 nitrogen and oxygen atoms in total. The Morgan fingerprint density at radius 3 is 3.00 bits per heavy atom. The van der Waals surface area contributed by atoms with Gasteiger partial charge in [0.25, 0.3) is 0 Å². The van der Waals surface area contributed by atoms with E-state index in [0.717, 1.165) is 23.1 Å². The number of furan rings is 1. The van der Waals surface area contributed by atoms with E-state index in [0.29, 0.717) is 16.1 Å². The summed E-state index contributed by atoms with van der Waals surface area (Å²) < 4.78 is 5.31. The van der Waals surface area contributed by atoms with E-state index in [9.17, 15) is 0 Å². The number of thioether (sulfide) groups is 1. The Hall–Kier alpha value is -1.79. The molecule has 2 N–H and O–H groups in total. The monoisotopic (exact) mass is 320 g/mol. The van der Waals surface area contributed by atoms with Crippen molar-refractivity contribution in [1.29, 1.82) is 0 Å². The summed E-state index contributed by atoms with van der Waals surface area (Å²) in [6.45, 7) is 2.09. The molecule has 0 saturated carbocycles. The number of aromatic nitrogens is 3. The average molecular weight is 321 g/mol. The van der Waals surface area contributed by atoms with Gasteiger partial charge in [-0.3, -0.25) is 4.98 Å². The molecular formula is C14H13ClN4OS. The molecular weight excluding hydrogens is 308 g/mol. The first-order chi connectivity index (χ1) is 10.2. The molecule has 0 unspecified atom stereocenters. The topological polar surface area (TPSA) is 77.8 Å². The molecule has 3 rings (SSSR count). The Bertz CT molecular complexity index is 756. The van der Waals surface area contributed by atoms with Crippen LogP contribution in [-0.4, -0.2) is 15.0 Å². The number of hydrogen-bond donors (Lipinski definition) is 1. The highest BCUT2D eigenvalue weighted by Crippen LogP contribution is 2.36. The number of nitrogen functional groups attached to an aromatic ring is 1. The molecule has 0 aliphatic carbocycles. The fourth-order valence-electron chi connectivity index (χ4n) is 2.01. The lowest BCUT2D eigenvalue weighted by atomic mass is 10.2. The van der Waals surface area contributed by atoms with Crippen molar-refractivity contribution in [3.8, 4) is 0 Å². The third-order valence-electron chi connectivity index (χ3n) is 3.00. The van der Waals surface area contributed by atoms with Crippen molar-refractivity contribution in [3.63, 3.8) is 0 Å². The average Bonchev–Trinajstić information content (AvgIpc) is 2.91. The fourth-order valence-corrected chi connectivity index (χ4v) is 3.23. The minimum atomic E-state index is 0.127. The molecule has 0 bridgehead atoms. The quantitative estimate of drug-likeness (QED) is 0.443. The van der Waals surface area contributed by atoms with Crippen molar-refractivity contribution in [1.82, 2.24) is 15.0 Å². The Morgan fingerprint density at radius 1 is 1.38 bits per heavy atom. The Kier molecular flexibility index (Phi) is 3.98. The molecule has 3 heterocycles. The molecule has 0 aliphatic rings. The van der Waals surface area contributed by atoms with Crippen LogP contribution in [0.15, 0.2) is 40.2 Å². The Labute approximate surface area is 130 Å². The second-order valence-corrected chi connectivity index (χ2v) is 6.04. The summed E-state index contributed by atoms with van der Waals surface area (Å²) in [6.07, 6.45) is 4.28. The normalized spacial score (nSPS) is 12.7. The van der Waals surface area contributed by atoms with Crippen LogP contribution in [0.1, 0.15) is 24.3 Å². The zero-order chi connectivity index (χ0) is 14.8. The lowest BCUT2D eigenvalue weighted by Gasteiger charge is -2.13. The molecule has 108 valence electrons. The van der Waals surface area contributed by atoms with Crippen LogP contribution in [-0.2, 0) is 0 Å². The zero-order valence-corrected chi connectivity index (χ0v) is 12.9. The predicted octanol–water partition coefficient (Wildman–Crippen LogP) is 4.10. The highest BCUT2D eigenvalue weighted by molar-refractivity contribution is 7.99. The van der Waals surface area contributed by atoms with Gasteiger partial charge in [0.2, 0.25) is 0 Å². The molecule has 0 aliphatic heterocycles. The first kappa shape index (κ1) is 14.2. The third kappa shape index (κ3) is 3.11. The van der Waals surface area contributed by atoms with Crippen LogP contribution in [0.4, 0.5) is 5.82 Å². The number of fused-ring (bicyclic) bond motifs is 1. The minimum absolute atomic E-state index is 0.127. The van der Waals surface area contributed by atoms with Gasteiger partial charge in [0.15, 0.2) is 10.7 Å². The van der Waals surface area contributed by atoms with E-state index in [1.165, 1.54) is 17.8 Å². The highest BCUT2D eigenvalue weighted by atomic mass is 35.5. The zero-order valence-electron chi connectivity index (χ0n) is 11.3. The van der Waals surface area contributed by atoms with E-state index in [1.807, 2.05) is 12.1 Å². The van der Waals surface area contributed by atoms with Gasteiger partial charge in [-0.1, -0.05) is 30.3 Å². The van der Waals surface area contributed by atoms with Gasteiger partial charge >= 0.3 is 0 Å². The largest absolute Gasteiger partial charge is 0.463 e. The number of pyridine rings is 1. The van der Waals surface area contributed by atoms with E-state index in [1.54, 1.807) is 12.5 Å². The molecule has 3 aromatic rings. The minimum Gasteiger partial charge on any atom is -0.463 e. The molecule has 21 heavy (non-hydrogen) atoms. The number of halogens is 1. The second-order valence-electron chi connectivity index (χ2n) is 4.48. The van der Waals surface area contributed by atoms with Gasteiger partial charge in [0, 0.05) is 11.5 Å². The number of anilines is 1. The van der Waals surface area contributed by atoms with Gasteiger partial charge < -0.3 is 10.2 Å². The van der Waals surface area contributed by atoms with E-state index < -0.39 is 0 Å². The molecule has 1 atom stereocenters. The summed E-state index contributed by atoms with van der Waals surface area (Å²) in [6, 6.07) is 5.47. The van der Waals surface area contributed by atoms with Crippen LogP contribution < -0.4 is 5.73 Å². The van der Waals surface area contributed by atoms with Crippen molar-refractivity contribution in [2.45, 2.75) is 23.8 Å². The highest BCUT2D eigenvalue weighted by Gasteiger charge is 2.16. The number of nitrogens with two attached hydrogens (primary N) is 1. The first-order valence-corrected chi connectivity index (χ1v) is 7.71. The van der Waals surface area contributed by atoms with E-state index >= 15 is 0 Å². The van der Waals surface area contributed by atoms with Crippen LogP contribution >= 0.6 is 23.4 Å². The van der Waals surface area contributed by atoms with Crippen LogP contribution in [0.25, 0.3) is 11.0 Å².